The fraction of sp³-hybridized carbons (Fsp3) is 0.0417. The molecule has 0 saturated carbocycles. The third-order valence-electron chi connectivity index (χ3n) is 4.86. The van der Waals surface area contributed by atoms with Crippen molar-refractivity contribution in [3.8, 4) is 11.5 Å². The highest BCUT2D eigenvalue weighted by atomic mass is 32.2. The molecule has 0 saturated heterocycles. The fourth-order valence-corrected chi connectivity index (χ4v) is 4.31. The van der Waals surface area contributed by atoms with Crippen LogP contribution in [0.2, 0.25) is 0 Å². The maximum Gasteiger partial charge on any atom is 0.295 e. The van der Waals surface area contributed by atoms with Crippen LogP contribution in [0, 0.1) is 0 Å². The molecule has 0 bridgehead atoms. The number of rotatable bonds is 6. The molecular weight excluding hydrogens is 442 g/mol. The van der Waals surface area contributed by atoms with Gasteiger partial charge in [0.25, 0.3) is 15.9 Å². The lowest BCUT2D eigenvalue weighted by Gasteiger charge is -2.13. The third kappa shape index (κ3) is 4.68. The van der Waals surface area contributed by atoms with Crippen LogP contribution in [0.15, 0.2) is 100 Å². The Labute approximate surface area is 190 Å². The zero-order valence-corrected chi connectivity index (χ0v) is 18.3. The number of hydrogen-bond acceptors (Lipinski definition) is 6. The molecule has 2 N–H and O–H groups in total. The molecule has 0 aliphatic rings. The minimum Gasteiger partial charge on any atom is -0.505 e. The molecule has 4 aromatic rings. The summed E-state index contributed by atoms with van der Waals surface area (Å²) in [5, 5.41) is 19.1. The Balaban J connectivity index is 1.74. The van der Waals surface area contributed by atoms with Gasteiger partial charge < -0.3 is 9.84 Å². The van der Waals surface area contributed by atoms with Gasteiger partial charge in [-0.2, -0.15) is 0 Å². The van der Waals surface area contributed by atoms with Gasteiger partial charge in [-0.25, -0.2) is 8.42 Å². The Morgan fingerprint density at radius 1 is 0.909 bits per heavy atom. The largest absolute Gasteiger partial charge is 0.505 e. The monoisotopic (exact) mass is 461 g/mol. The fourth-order valence-electron chi connectivity index (χ4n) is 3.22. The zero-order valence-electron chi connectivity index (χ0n) is 17.5. The molecule has 0 aliphatic carbocycles. The molecule has 0 spiro atoms. The number of carbonyl (C=O) groups excluding carboxylic acids is 1. The average Bonchev–Trinajstić information content (AvgIpc) is 2.85. The number of methoxy groups -OCH3 is 1. The molecule has 0 radical (unpaired) electrons. The van der Waals surface area contributed by atoms with Gasteiger partial charge in [-0.3, -0.25) is 9.52 Å². The number of phenolic OH excluding ortho intramolecular Hbond substituents is 1. The predicted octanol–water partition coefficient (Wildman–Crippen LogP) is 5.28. The van der Waals surface area contributed by atoms with Crippen molar-refractivity contribution >= 4 is 38.1 Å². The summed E-state index contributed by atoms with van der Waals surface area (Å²) in [5.41, 5.74) is 0.383. The van der Waals surface area contributed by atoms with Gasteiger partial charge in [0.15, 0.2) is 5.75 Å². The lowest BCUT2D eigenvalue weighted by atomic mass is 10.1. The lowest BCUT2D eigenvalue weighted by molar-refractivity contribution is 0.0994. The van der Waals surface area contributed by atoms with Gasteiger partial charge in [-0.05, 0) is 36.4 Å². The van der Waals surface area contributed by atoms with Crippen LogP contribution in [0.4, 0.5) is 11.4 Å². The highest BCUT2D eigenvalue weighted by Gasteiger charge is 2.18. The highest BCUT2D eigenvalue weighted by molar-refractivity contribution is 7.92. The van der Waals surface area contributed by atoms with Gasteiger partial charge in [-0.1, -0.05) is 48.5 Å². The smallest absolute Gasteiger partial charge is 0.295 e. The van der Waals surface area contributed by atoms with Crippen molar-refractivity contribution in [3.63, 3.8) is 0 Å². The molecule has 8 nitrogen and oxygen atoms in total. The van der Waals surface area contributed by atoms with Crippen LogP contribution < -0.4 is 9.46 Å². The van der Waals surface area contributed by atoms with E-state index in [0.29, 0.717) is 16.5 Å². The second-order valence-corrected chi connectivity index (χ2v) is 8.68. The van der Waals surface area contributed by atoms with Gasteiger partial charge >= 0.3 is 0 Å². The Bertz CT molecular complexity index is 1470. The van der Waals surface area contributed by atoms with Gasteiger partial charge in [0.1, 0.15) is 11.4 Å². The summed E-state index contributed by atoms with van der Waals surface area (Å²) in [6.07, 6.45) is 0. The van der Waals surface area contributed by atoms with Gasteiger partial charge in [0.2, 0.25) is 0 Å². The zero-order chi connectivity index (χ0) is 23.4. The van der Waals surface area contributed by atoms with Crippen LogP contribution in [0.5, 0.6) is 11.5 Å². The van der Waals surface area contributed by atoms with Gasteiger partial charge in [0, 0.05) is 16.3 Å². The Morgan fingerprint density at radius 3 is 2.33 bits per heavy atom. The summed E-state index contributed by atoms with van der Waals surface area (Å²) >= 11 is 0. The second kappa shape index (κ2) is 9.09. The van der Waals surface area contributed by atoms with E-state index in [1.165, 1.54) is 31.4 Å². The summed E-state index contributed by atoms with van der Waals surface area (Å²) in [6, 6.07) is 22.3. The molecule has 0 aromatic heterocycles. The normalized spacial score (nSPS) is 11.5. The number of fused-ring (bicyclic) bond motifs is 1. The van der Waals surface area contributed by atoms with Crippen LogP contribution in [0.3, 0.4) is 0 Å². The van der Waals surface area contributed by atoms with E-state index in [1.807, 2.05) is 0 Å². The first-order chi connectivity index (χ1) is 15.9. The molecule has 4 aromatic carbocycles. The number of sulfonamides is 1. The minimum atomic E-state index is -3.90. The van der Waals surface area contributed by atoms with Crippen molar-refractivity contribution in [1.82, 2.24) is 0 Å². The molecule has 1 amide bonds. The number of anilines is 1. The number of hydrogen-bond donors (Lipinski definition) is 2. The molecule has 166 valence electrons. The van der Waals surface area contributed by atoms with E-state index in [4.69, 9.17) is 4.74 Å². The summed E-state index contributed by atoms with van der Waals surface area (Å²) < 4.78 is 33.4. The van der Waals surface area contributed by atoms with Crippen molar-refractivity contribution in [2.75, 3.05) is 11.8 Å². The molecule has 0 fully saturated rings. The number of azo groups is 1. The average molecular weight is 461 g/mol. The minimum absolute atomic E-state index is 0.0595. The first kappa shape index (κ1) is 22.0. The van der Waals surface area contributed by atoms with E-state index < -0.39 is 15.9 Å². The van der Waals surface area contributed by atoms with E-state index in [-0.39, 0.29) is 27.6 Å². The molecule has 0 heterocycles. The topological polar surface area (TPSA) is 117 Å². The maximum atomic E-state index is 12.9. The van der Waals surface area contributed by atoms with Crippen molar-refractivity contribution < 1.29 is 23.1 Å². The number of phenols is 1. The van der Waals surface area contributed by atoms with E-state index in [9.17, 15) is 18.3 Å². The molecule has 0 unspecified atom stereocenters. The number of carbonyl (C=O) groups is 1. The SMILES string of the molecule is COc1cccc(C(=O)N=Nc2cc(NS(=O)(=O)c3ccccc3)c3ccccc3c2O)c1. The predicted molar refractivity (Wildman–Crippen MR) is 125 cm³/mol. The van der Waals surface area contributed by atoms with Crippen molar-refractivity contribution in [3.05, 3.63) is 90.5 Å². The molecular formula is C24H19N3O5S. The van der Waals surface area contributed by atoms with Gasteiger partial charge in [0.05, 0.1) is 17.7 Å². The number of amides is 1. The number of ether oxygens (including phenoxy) is 1. The van der Waals surface area contributed by atoms with E-state index in [1.54, 1.807) is 60.7 Å². The quantitative estimate of drug-likeness (QED) is 0.299. The maximum absolute atomic E-state index is 12.9. The summed E-state index contributed by atoms with van der Waals surface area (Å²) in [6.45, 7) is 0. The Hall–Kier alpha value is -4.24. The summed E-state index contributed by atoms with van der Waals surface area (Å²) in [7, 11) is -2.42. The van der Waals surface area contributed by atoms with E-state index in [2.05, 4.69) is 15.0 Å². The molecule has 4 rings (SSSR count). The number of benzene rings is 4. The molecule has 0 aliphatic heterocycles. The van der Waals surface area contributed by atoms with Crippen LogP contribution in [-0.4, -0.2) is 26.5 Å². The van der Waals surface area contributed by atoms with E-state index in [0.717, 1.165) is 0 Å². The number of aromatic hydroxyl groups is 1. The lowest BCUT2D eigenvalue weighted by Crippen LogP contribution is -2.13. The van der Waals surface area contributed by atoms with Crippen LogP contribution >= 0.6 is 0 Å². The third-order valence-corrected chi connectivity index (χ3v) is 6.24. The van der Waals surface area contributed by atoms with Gasteiger partial charge in [-0.15, -0.1) is 10.2 Å². The Morgan fingerprint density at radius 2 is 1.61 bits per heavy atom. The number of nitrogens with zero attached hydrogens (tertiary/aromatic N) is 2. The second-order valence-electron chi connectivity index (χ2n) is 6.99. The van der Waals surface area contributed by atoms with Crippen LogP contribution in [0.1, 0.15) is 10.4 Å². The van der Waals surface area contributed by atoms with Crippen molar-refractivity contribution in [2.24, 2.45) is 10.2 Å². The number of nitrogens with one attached hydrogen (secondary N) is 1. The standard InChI is InChI=1S/C24H19N3O5S/c1-32-17-9-7-8-16(14-17)24(29)26-25-22-15-21(19-12-5-6-13-20(19)23(22)28)27-33(30,31)18-10-3-2-4-11-18/h2-15,27-28H,1H3. The molecule has 0 atom stereocenters. The first-order valence-electron chi connectivity index (χ1n) is 9.82. The van der Waals surface area contributed by atoms with Crippen molar-refractivity contribution in [2.45, 2.75) is 4.90 Å². The van der Waals surface area contributed by atoms with E-state index >= 15 is 0 Å². The summed E-state index contributed by atoms with van der Waals surface area (Å²) in [4.78, 5) is 12.5. The van der Waals surface area contributed by atoms with Crippen molar-refractivity contribution in [1.29, 1.82) is 0 Å². The molecule has 9 heteroatoms. The summed E-state index contributed by atoms with van der Waals surface area (Å²) in [5.74, 6) is -0.384. The first-order valence-corrected chi connectivity index (χ1v) is 11.3. The van der Waals surface area contributed by atoms with Crippen LogP contribution in [0.25, 0.3) is 10.8 Å². The Kier molecular flexibility index (Phi) is 6.05. The molecule has 33 heavy (non-hydrogen) atoms. The highest BCUT2D eigenvalue weighted by Crippen LogP contribution is 2.40. The van der Waals surface area contributed by atoms with Crippen LogP contribution in [-0.2, 0) is 10.0 Å².